The Morgan fingerprint density at radius 1 is 1.00 bits per heavy atom. The van der Waals surface area contributed by atoms with Crippen molar-refractivity contribution >= 4 is 11.7 Å². The Balaban J connectivity index is 1.46. The highest BCUT2D eigenvalue weighted by atomic mass is 19.1. The summed E-state index contributed by atoms with van der Waals surface area (Å²) in [5.74, 6) is 2.02. The maximum Gasteiger partial charge on any atom is 0.226 e. The molecule has 0 saturated carbocycles. The molecule has 0 bridgehead atoms. The summed E-state index contributed by atoms with van der Waals surface area (Å²) in [6.45, 7) is 9.30. The number of rotatable bonds is 11. The van der Waals surface area contributed by atoms with Crippen molar-refractivity contribution in [3.8, 4) is 22.6 Å². The summed E-state index contributed by atoms with van der Waals surface area (Å²) in [7, 11) is 0. The summed E-state index contributed by atoms with van der Waals surface area (Å²) in [6.07, 6.45) is 3.63. The molecule has 1 fully saturated rings. The number of amides is 1. The molecule has 1 aromatic heterocycles. The smallest absolute Gasteiger partial charge is 0.226 e. The summed E-state index contributed by atoms with van der Waals surface area (Å²) in [5.41, 5.74) is 3.48. The molecule has 2 aromatic carbocycles. The van der Waals surface area contributed by atoms with Gasteiger partial charge in [-0.15, -0.1) is 0 Å². The summed E-state index contributed by atoms with van der Waals surface area (Å²) in [5, 5.41) is 2.90. The fraction of sp³-hybridized carbons (Fsp3) is 0.419. The van der Waals surface area contributed by atoms with E-state index in [4.69, 9.17) is 14.5 Å². The van der Waals surface area contributed by atoms with Crippen LogP contribution < -0.4 is 19.7 Å². The average molecular weight is 520 g/mol. The molecule has 1 aliphatic heterocycles. The molecule has 0 unspecified atom stereocenters. The Morgan fingerprint density at radius 3 is 2.47 bits per heavy atom. The predicted octanol–water partition coefficient (Wildman–Crippen LogP) is 6.17. The van der Waals surface area contributed by atoms with Gasteiger partial charge in [0.1, 0.15) is 23.1 Å². The second-order valence-corrected chi connectivity index (χ2v) is 10.1. The molecule has 6 nitrogen and oxygen atoms in total. The molecular weight excluding hydrogens is 481 g/mol. The van der Waals surface area contributed by atoms with Crippen LogP contribution in [0, 0.1) is 11.7 Å². The van der Waals surface area contributed by atoms with E-state index < -0.39 is 0 Å². The lowest BCUT2D eigenvalue weighted by atomic mass is 10.0. The molecule has 7 heteroatoms. The first-order valence-corrected chi connectivity index (χ1v) is 13.6. The second-order valence-electron chi connectivity index (χ2n) is 10.1. The number of nitrogens with one attached hydrogen (secondary N) is 1. The first kappa shape index (κ1) is 27.4. The minimum Gasteiger partial charge on any atom is -0.494 e. The number of hydrogen-bond acceptors (Lipinski definition) is 5. The van der Waals surface area contributed by atoms with E-state index >= 15 is 0 Å². The van der Waals surface area contributed by atoms with Crippen LogP contribution in [-0.2, 0) is 17.8 Å². The van der Waals surface area contributed by atoms with Crippen molar-refractivity contribution in [1.82, 2.24) is 10.3 Å². The van der Waals surface area contributed by atoms with Crippen molar-refractivity contribution in [3.05, 3.63) is 71.7 Å². The van der Waals surface area contributed by atoms with Gasteiger partial charge in [-0.3, -0.25) is 4.79 Å². The zero-order valence-electron chi connectivity index (χ0n) is 22.6. The van der Waals surface area contributed by atoms with E-state index in [9.17, 15) is 9.18 Å². The van der Waals surface area contributed by atoms with E-state index in [1.54, 1.807) is 6.07 Å². The van der Waals surface area contributed by atoms with Gasteiger partial charge >= 0.3 is 0 Å². The monoisotopic (exact) mass is 519 g/mol. The maximum absolute atomic E-state index is 14.1. The van der Waals surface area contributed by atoms with Crippen LogP contribution in [0.3, 0.4) is 0 Å². The quantitative estimate of drug-likeness (QED) is 0.328. The highest BCUT2D eigenvalue weighted by molar-refractivity contribution is 5.80. The highest BCUT2D eigenvalue weighted by Crippen LogP contribution is 2.32. The van der Waals surface area contributed by atoms with Crippen LogP contribution in [0.4, 0.5) is 10.2 Å². The van der Waals surface area contributed by atoms with Gasteiger partial charge < -0.3 is 19.7 Å². The van der Waals surface area contributed by atoms with Crippen molar-refractivity contribution in [2.75, 3.05) is 31.2 Å². The Labute approximate surface area is 225 Å². The molecule has 4 rings (SSSR count). The topological polar surface area (TPSA) is 63.7 Å². The molecule has 38 heavy (non-hydrogen) atoms. The molecule has 0 atom stereocenters. The third-order valence-electron chi connectivity index (χ3n) is 6.41. The summed E-state index contributed by atoms with van der Waals surface area (Å²) in [6, 6.07) is 16.6. The summed E-state index contributed by atoms with van der Waals surface area (Å²) in [4.78, 5) is 20.1. The molecule has 1 amide bonds. The fourth-order valence-corrected chi connectivity index (χ4v) is 4.55. The van der Waals surface area contributed by atoms with Crippen molar-refractivity contribution < 1.29 is 18.7 Å². The minimum atomic E-state index is -0.381. The number of anilines is 1. The lowest BCUT2D eigenvalue weighted by Crippen LogP contribution is -2.31. The number of carbonyl (C=O) groups excluding carboxylic acids is 1. The molecule has 1 saturated heterocycles. The van der Waals surface area contributed by atoms with Crippen LogP contribution in [0.25, 0.3) is 11.1 Å². The molecule has 0 aliphatic carbocycles. The van der Waals surface area contributed by atoms with Crippen molar-refractivity contribution in [2.24, 2.45) is 5.92 Å². The maximum atomic E-state index is 14.1. The molecule has 0 radical (unpaired) electrons. The molecule has 1 N–H and O–H groups in total. The number of nitrogens with zero attached hydrogens (tertiary/aromatic N) is 2. The second kappa shape index (κ2) is 13.3. The standard InChI is InChI=1S/C31H38FN3O3/c1-4-37-27-11-8-24(9-12-27)29-13-10-26(34-31(29)35-14-6-5-7-15-35)19-30(36)33-20-23-16-25(32)18-28(17-23)38-21-22(2)3/h8-13,16-18,22H,4-7,14-15,19-21H2,1-3H3,(H,33,36). The molecule has 0 spiro atoms. The highest BCUT2D eigenvalue weighted by Gasteiger charge is 2.19. The lowest BCUT2D eigenvalue weighted by Gasteiger charge is -2.30. The third kappa shape index (κ3) is 7.70. The number of hydrogen-bond donors (Lipinski definition) is 1. The van der Waals surface area contributed by atoms with Crippen molar-refractivity contribution in [3.63, 3.8) is 0 Å². The van der Waals surface area contributed by atoms with E-state index in [0.717, 1.165) is 48.6 Å². The fourth-order valence-electron chi connectivity index (χ4n) is 4.55. The molecule has 3 aromatic rings. The Kier molecular flexibility index (Phi) is 9.57. The Morgan fingerprint density at radius 2 is 1.76 bits per heavy atom. The van der Waals surface area contributed by atoms with E-state index in [2.05, 4.69) is 28.4 Å². The number of benzene rings is 2. The number of pyridine rings is 1. The van der Waals surface area contributed by atoms with E-state index in [-0.39, 0.29) is 24.7 Å². The van der Waals surface area contributed by atoms with Crippen LogP contribution in [0.15, 0.2) is 54.6 Å². The Hall–Kier alpha value is -3.61. The number of aromatic nitrogens is 1. The van der Waals surface area contributed by atoms with Gasteiger partial charge in [-0.2, -0.15) is 0 Å². The zero-order chi connectivity index (χ0) is 26.9. The van der Waals surface area contributed by atoms with Gasteiger partial charge in [0, 0.05) is 31.3 Å². The minimum absolute atomic E-state index is 0.149. The average Bonchev–Trinajstić information content (AvgIpc) is 2.92. The van der Waals surface area contributed by atoms with Gasteiger partial charge in [-0.1, -0.05) is 26.0 Å². The van der Waals surface area contributed by atoms with E-state index in [1.807, 2.05) is 39.0 Å². The number of halogens is 1. The van der Waals surface area contributed by atoms with E-state index in [0.29, 0.717) is 36.1 Å². The van der Waals surface area contributed by atoms with Crippen LogP contribution in [0.5, 0.6) is 11.5 Å². The summed E-state index contributed by atoms with van der Waals surface area (Å²) < 4.78 is 25.3. The first-order valence-electron chi connectivity index (χ1n) is 13.6. The Bertz CT molecular complexity index is 1210. The lowest BCUT2D eigenvalue weighted by molar-refractivity contribution is -0.120. The normalized spacial score (nSPS) is 13.4. The van der Waals surface area contributed by atoms with Crippen LogP contribution in [-0.4, -0.2) is 37.2 Å². The molecule has 1 aliphatic rings. The third-order valence-corrected chi connectivity index (χ3v) is 6.41. The van der Waals surface area contributed by atoms with Gasteiger partial charge in [0.25, 0.3) is 0 Å². The van der Waals surface area contributed by atoms with E-state index in [1.165, 1.54) is 18.6 Å². The van der Waals surface area contributed by atoms with Crippen molar-refractivity contribution in [1.29, 1.82) is 0 Å². The largest absolute Gasteiger partial charge is 0.494 e. The van der Waals surface area contributed by atoms with Gasteiger partial charge in [0.15, 0.2) is 0 Å². The van der Waals surface area contributed by atoms with Crippen LogP contribution >= 0.6 is 0 Å². The number of carbonyl (C=O) groups is 1. The number of ether oxygens (including phenoxy) is 2. The molecular formula is C31H38FN3O3. The van der Waals surface area contributed by atoms with Crippen LogP contribution in [0.2, 0.25) is 0 Å². The van der Waals surface area contributed by atoms with Gasteiger partial charge in [-0.05, 0) is 79.6 Å². The summed E-state index contributed by atoms with van der Waals surface area (Å²) >= 11 is 0. The molecule has 202 valence electrons. The van der Waals surface area contributed by atoms with Gasteiger partial charge in [-0.25, -0.2) is 9.37 Å². The van der Waals surface area contributed by atoms with Gasteiger partial charge in [0.05, 0.1) is 25.3 Å². The molecule has 2 heterocycles. The van der Waals surface area contributed by atoms with Gasteiger partial charge in [0.2, 0.25) is 5.91 Å². The SMILES string of the molecule is CCOc1ccc(-c2ccc(CC(=O)NCc3cc(F)cc(OCC(C)C)c3)nc2N2CCCCC2)cc1. The van der Waals surface area contributed by atoms with Crippen LogP contribution in [0.1, 0.15) is 51.3 Å². The number of piperidine rings is 1. The zero-order valence-corrected chi connectivity index (χ0v) is 22.6. The predicted molar refractivity (Wildman–Crippen MR) is 149 cm³/mol. The van der Waals surface area contributed by atoms with Crippen molar-refractivity contribution in [2.45, 2.75) is 53.0 Å². The first-order chi connectivity index (χ1) is 18.4.